The van der Waals surface area contributed by atoms with Crippen molar-refractivity contribution in [3.05, 3.63) is 62.4 Å². The summed E-state index contributed by atoms with van der Waals surface area (Å²) in [6.45, 7) is 0.419. The number of H-pyrrole nitrogens is 2. The number of nitrogens with one attached hydrogen (secondary N) is 2. The first kappa shape index (κ1) is 23.3. The number of amides is 1. The SMILES string of the molecule is O=C(O)CCCCCN1C(=O)/C(=C/c2[nH]c(-c3ccc4[nH]ccc4c3)cc(=O)c2Cl)SC1=S. The summed E-state index contributed by atoms with van der Waals surface area (Å²) in [5.41, 5.74) is 2.39. The van der Waals surface area contributed by atoms with Gasteiger partial charge >= 0.3 is 5.97 Å². The molecule has 170 valence electrons. The highest BCUT2D eigenvalue weighted by atomic mass is 35.5. The quantitative estimate of drug-likeness (QED) is 0.227. The fourth-order valence-corrected chi connectivity index (χ4v) is 5.03. The van der Waals surface area contributed by atoms with E-state index >= 15 is 0 Å². The van der Waals surface area contributed by atoms with Gasteiger partial charge in [-0.15, -0.1) is 0 Å². The van der Waals surface area contributed by atoms with Gasteiger partial charge < -0.3 is 15.1 Å². The number of thioether (sulfide) groups is 1. The van der Waals surface area contributed by atoms with E-state index in [-0.39, 0.29) is 22.8 Å². The Morgan fingerprint density at radius 2 is 2.00 bits per heavy atom. The van der Waals surface area contributed by atoms with E-state index in [1.165, 1.54) is 11.0 Å². The Labute approximate surface area is 203 Å². The molecule has 0 bridgehead atoms. The Hall–Kier alpha value is -2.88. The number of carbonyl (C=O) groups excluding carboxylic acids is 1. The van der Waals surface area contributed by atoms with E-state index in [2.05, 4.69) is 9.97 Å². The molecule has 3 aromatic rings. The predicted molar refractivity (Wildman–Crippen MR) is 135 cm³/mol. The summed E-state index contributed by atoms with van der Waals surface area (Å²) in [7, 11) is 0. The number of carboxylic acid groups (broad SMARTS) is 1. The van der Waals surface area contributed by atoms with Gasteiger partial charge in [0.2, 0.25) is 5.43 Å². The van der Waals surface area contributed by atoms with E-state index in [9.17, 15) is 14.4 Å². The first-order valence-electron chi connectivity index (χ1n) is 10.3. The molecular weight excluding hydrogens is 482 g/mol. The maximum Gasteiger partial charge on any atom is 0.303 e. The fraction of sp³-hybridized carbons (Fsp3) is 0.217. The standard InChI is InChI=1S/C23H20ClN3O4S2/c24-21-17(12-19-22(31)27(23(32)33-19)9-3-1-2-4-20(29)30)26-16(11-18(21)28)13-5-6-15-14(10-13)7-8-25-15/h5-8,10-12,25H,1-4,9H2,(H,26,28)(H,29,30)/b19-12-. The van der Waals surface area contributed by atoms with Crippen LogP contribution in [-0.2, 0) is 9.59 Å². The summed E-state index contributed by atoms with van der Waals surface area (Å²) >= 11 is 12.8. The maximum absolute atomic E-state index is 12.9. The Morgan fingerprint density at radius 1 is 1.18 bits per heavy atom. The van der Waals surface area contributed by atoms with Crippen LogP contribution in [0, 0.1) is 0 Å². The fourth-order valence-electron chi connectivity index (χ4n) is 3.59. The van der Waals surface area contributed by atoms with Gasteiger partial charge in [-0.3, -0.25) is 19.3 Å². The van der Waals surface area contributed by atoms with Gasteiger partial charge in [-0.25, -0.2) is 0 Å². The van der Waals surface area contributed by atoms with E-state index in [0.29, 0.717) is 46.4 Å². The Bertz CT molecular complexity index is 1340. The number of fused-ring (bicyclic) bond motifs is 1. The summed E-state index contributed by atoms with van der Waals surface area (Å²) < 4.78 is 0.428. The van der Waals surface area contributed by atoms with E-state index in [4.69, 9.17) is 28.9 Å². The first-order valence-corrected chi connectivity index (χ1v) is 11.9. The average molecular weight is 502 g/mol. The molecule has 1 fully saturated rings. The summed E-state index contributed by atoms with van der Waals surface area (Å²) in [6, 6.07) is 9.17. The van der Waals surface area contributed by atoms with Gasteiger partial charge in [0.1, 0.15) is 9.34 Å². The average Bonchev–Trinajstić information content (AvgIpc) is 3.35. The van der Waals surface area contributed by atoms with Gasteiger partial charge in [0.15, 0.2) is 0 Å². The second-order valence-electron chi connectivity index (χ2n) is 7.59. The molecule has 2 aromatic heterocycles. The molecule has 1 amide bonds. The molecular formula is C23H20ClN3O4S2. The molecule has 1 saturated heterocycles. The molecule has 1 aromatic carbocycles. The van der Waals surface area contributed by atoms with Crippen molar-refractivity contribution in [3.63, 3.8) is 0 Å². The Morgan fingerprint density at radius 3 is 2.79 bits per heavy atom. The van der Waals surface area contributed by atoms with Crippen molar-refractivity contribution in [2.24, 2.45) is 0 Å². The van der Waals surface area contributed by atoms with Gasteiger partial charge in [-0.1, -0.05) is 48.1 Å². The van der Waals surface area contributed by atoms with Crippen molar-refractivity contribution >= 4 is 68.8 Å². The number of carbonyl (C=O) groups is 2. The lowest BCUT2D eigenvalue weighted by Crippen LogP contribution is -2.29. The normalized spacial score (nSPS) is 15.2. The highest BCUT2D eigenvalue weighted by Crippen LogP contribution is 2.34. The van der Waals surface area contributed by atoms with Crippen molar-refractivity contribution in [2.45, 2.75) is 25.7 Å². The molecule has 0 aliphatic carbocycles. The second-order valence-corrected chi connectivity index (χ2v) is 9.65. The van der Waals surface area contributed by atoms with Gasteiger partial charge in [-0.05, 0) is 42.7 Å². The number of hydrogen-bond donors (Lipinski definition) is 3. The van der Waals surface area contributed by atoms with Gasteiger partial charge in [0, 0.05) is 41.8 Å². The van der Waals surface area contributed by atoms with E-state index in [0.717, 1.165) is 28.2 Å². The largest absolute Gasteiger partial charge is 0.481 e. The molecule has 7 nitrogen and oxygen atoms in total. The molecule has 1 aliphatic rings. The van der Waals surface area contributed by atoms with Crippen LogP contribution in [0.5, 0.6) is 0 Å². The third-order valence-electron chi connectivity index (χ3n) is 5.28. The smallest absolute Gasteiger partial charge is 0.303 e. The minimum atomic E-state index is -0.829. The molecule has 0 saturated carbocycles. The number of unbranched alkanes of at least 4 members (excludes halogenated alkanes) is 2. The third kappa shape index (κ3) is 5.21. The van der Waals surface area contributed by atoms with E-state index in [1.807, 2.05) is 30.5 Å². The number of aromatic amines is 2. The third-order valence-corrected chi connectivity index (χ3v) is 7.05. The van der Waals surface area contributed by atoms with E-state index in [1.54, 1.807) is 6.08 Å². The molecule has 10 heteroatoms. The van der Waals surface area contributed by atoms with E-state index < -0.39 is 5.97 Å². The first-order chi connectivity index (χ1) is 15.8. The lowest BCUT2D eigenvalue weighted by Gasteiger charge is -2.13. The van der Waals surface area contributed by atoms with Crippen molar-refractivity contribution in [1.29, 1.82) is 0 Å². The van der Waals surface area contributed by atoms with Crippen LogP contribution in [-0.4, -0.2) is 42.7 Å². The van der Waals surface area contributed by atoms with Crippen molar-refractivity contribution in [2.75, 3.05) is 6.54 Å². The number of hydrogen-bond acceptors (Lipinski definition) is 5. The highest BCUT2D eigenvalue weighted by molar-refractivity contribution is 8.26. The molecule has 1 aliphatic heterocycles. The van der Waals surface area contributed by atoms with Crippen LogP contribution in [0.1, 0.15) is 31.4 Å². The van der Waals surface area contributed by atoms with Crippen LogP contribution < -0.4 is 5.43 Å². The monoisotopic (exact) mass is 501 g/mol. The second kappa shape index (κ2) is 9.94. The predicted octanol–water partition coefficient (Wildman–Crippen LogP) is 5.02. The molecule has 33 heavy (non-hydrogen) atoms. The number of thiocarbonyl (C=S) groups is 1. The zero-order valence-corrected chi connectivity index (χ0v) is 19.8. The number of nitrogens with zero attached hydrogens (tertiary/aromatic N) is 1. The zero-order chi connectivity index (χ0) is 23.5. The minimum Gasteiger partial charge on any atom is -0.481 e. The van der Waals surface area contributed by atoms with Crippen LogP contribution in [0.3, 0.4) is 0 Å². The van der Waals surface area contributed by atoms with Crippen molar-refractivity contribution in [3.8, 4) is 11.3 Å². The minimum absolute atomic E-state index is 0.000381. The van der Waals surface area contributed by atoms with Crippen molar-refractivity contribution < 1.29 is 14.7 Å². The van der Waals surface area contributed by atoms with Crippen LogP contribution in [0.15, 0.2) is 46.2 Å². The van der Waals surface area contributed by atoms with Crippen LogP contribution in [0.4, 0.5) is 0 Å². The number of carboxylic acids is 1. The Balaban J connectivity index is 1.55. The molecule has 0 spiro atoms. The summed E-state index contributed by atoms with van der Waals surface area (Å²) in [5.74, 6) is -1.08. The zero-order valence-electron chi connectivity index (χ0n) is 17.4. The van der Waals surface area contributed by atoms with Gasteiger partial charge in [0.05, 0.1) is 10.6 Å². The number of aliphatic carboxylic acids is 1. The number of benzene rings is 1. The highest BCUT2D eigenvalue weighted by Gasteiger charge is 2.31. The van der Waals surface area contributed by atoms with Gasteiger partial charge in [-0.2, -0.15) is 0 Å². The summed E-state index contributed by atoms with van der Waals surface area (Å²) in [5, 5.41) is 9.73. The number of pyridine rings is 1. The lowest BCUT2D eigenvalue weighted by molar-refractivity contribution is -0.137. The molecule has 3 N–H and O–H groups in total. The summed E-state index contributed by atoms with van der Waals surface area (Å²) in [6.07, 6.45) is 5.41. The maximum atomic E-state index is 12.9. The van der Waals surface area contributed by atoms with Crippen LogP contribution >= 0.6 is 35.6 Å². The van der Waals surface area contributed by atoms with Crippen LogP contribution in [0.25, 0.3) is 28.2 Å². The molecule has 3 heterocycles. The van der Waals surface area contributed by atoms with Gasteiger partial charge in [0.25, 0.3) is 5.91 Å². The lowest BCUT2D eigenvalue weighted by atomic mass is 10.1. The molecule has 0 atom stereocenters. The topological polar surface area (TPSA) is 106 Å². The Kier molecular flexibility index (Phi) is 7.02. The molecule has 0 radical (unpaired) electrons. The molecule has 0 unspecified atom stereocenters. The number of halogens is 1. The number of rotatable bonds is 8. The summed E-state index contributed by atoms with van der Waals surface area (Å²) in [4.78, 5) is 44.2. The number of aromatic nitrogens is 2. The van der Waals surface area contributed by atoms with Crippen LogP contribution in [0.2, 0.25) is 5.02 Å². The molecule has 4 rings (SSSR count). The van der Waals surface area contributed by atoms with Crippen molar-refractivity contribution in [1.82, 2.24) is 14.9 Å².